The molecule has 1 saturated heterocycles. The first-order valence-corrected chi connectivity index (χ1v) is 8.76. The molecule has 1 aliphatic rings. The molecule has 1 heterocycles. The number of urea groups is 1. The molecule has 26 heavy (non-hydrogen) atoms. The van der Waals surface area contributed by atoms with Gasteiger partial charge in [-0.25, -0.2) is 4.79 Å². The summed E-state index contributed by atoms with van der Waals surface area (Å²) in [6, 6.07) is 15.2. The molecule has 6 heteroatoms. The van der Waals surface area contributed by atoms with Crippen LogP contribution in [-0.4, -0.2) is 39.9 Å². The van der Waals surface area contributed by atoms with E-state index in [9.17, 15) is 4.79 Å². The molecule has 0 aromatic heterocycles. The Hall–Kier alpha value is -2.89. The number of methoxy groups -OCH3 is 2. The molecule has 0 bridgehead atoms. The van der Waals surface area contributed by atoms with Gasteiger partial charge in [-0.05, 0) is 48.7 Å². The second kappa shape index (κ2) is 8.47. The minimum atomic E-state index is -0.185. The van der Waals surface area contributed by atoms with E-state index in [0.717, 1.165) is 42.4 Å². The van der Waals surface area contributed by atoms with E-state index in [1.165, 1.54) is 0 Å². The van der Waals surface area contributed by atoms with Gasteiger partial charge in [0.25, 0.3) is 0 Å². The van der Waals surface area contributed by atoms with Crippen LogP contribution in [0.15, 0.2) is 48.5 Å². The van der Waals surface area contributed by atoms with Crippen molar-refractivity contribution in [2.45, 2.75) is 6.42 Å². The summed E-state index contributed by atoms with van der Waals surface area (Å²) in [5.41, 5.74) is 1.90. The Morgan fingerprint density at radius 2 is 1.88 bits per heavy atom. The summed E-state index contributed by atoms with van der Waals surface area (Å²) < 4.78 is 10.4. The molecule has 2 N–H and O–H groups in total. The molecule has 0 spiro atoms. The van der Waals surface area contributed by atoms with Crippen molar-refractivity contribution in [3.8, 4) is 11.5 Å². The van der Waals surface area contributed by atoms with Gasteiger partial charge in [0.2, 0.25) is 0 Å². The minimum absolute atomic E-state index is 0.185. The first-order chi connectivity index (χ1) is 12.7. The maximum Gasteiger partial charge on any atom is 0.319 e. The maximum atomic E-state index is 12.1. The molecular weight excluding hydrogens is 330 g/mol. The molecule has 0 radical (unpaired) electrons. The van der Waals surface area contributed by atoms with Crippen LogP contribution in [0.5, 0.6) is 11.5 Å². The first-order valence-electron chi connectivity index (χ1n) is 8.76. The van der Waals surface area contributed by atoms with Crippen molar-refractivity contribution in [1.82, 2.24) is 5.32 Å². The van der Waals surface area contributed by atoms with Gasteiger partial charge in [-0.3, -0.25) is 0 Å². The van der Waals surface area contributed by atoms with Crippen LogP contribution >= 0.6 is 0 Å². The fourth-order valence-corrected chi connectivity index (χ4v) is 3.13. The maximum absolute atomic E-state index is 12.1. The number of benzene rings is 2. The molecule has 1 fully saturated rings. The lowest BCUT2D eigenvalue weighted by molar-refractivity contribution is 0.250. The lowest BCUT2D eigenvalue weighted by Gasteiger charge is -2.19. The first kappa shape index (κ1) is 17.9. The molecule has 138 valence electrons. The molecule has 2 amide bonds. The number of anilines is 2. The second-order valence-corrected chi connectivity index (χ2v) is 6.37. The van der Waals surface area contributed by atoms with Gasteiger partial charge >= 0.3 is 6.03 Å². The van der Waals surface area contributed by atoms with Crippen LogP contribution in [0.1, 0.15) is 6.42 Å². The molecule has 0 unspecified atom stereocenters. The molecular formula is C20H25N3O3. The zero-order chi connectivity index (χ0) is 18.4. The van der Waals surface area contributed by atoms with Gasteiger partial charge < -0.3 is 25.0 Å². The van der Waals surface area contributed by atoms with E-state index in [1.54, 1.807) is 14.2 Å². The summed E-state index contributed by atoms with van der Waals surface area (Å²) in [6.45, 7) is 2.57. The summed E-state index contributed by atoms with van der Waals surface area (Å²) in [4.78, 5) is 14.4. The van der Waals surface area contributed by atoms with Gasteiger partial charge in [-0.15, -0.1) is 0 Å². The van der Waals surface area contributed by atoms with Gasteiger partial charge in [-0.1, -0.05) is 6.07 Å². The molecule has 3 rings (SSSR count). The predicted molar refractivity (Wildman–Crippen MR) is 103 cm³/mol. The Balaban J connectivity index is 1.45. The third-order valence-electron chi connectivity index (χ3n) is 4.60. The zero-order valence-electron chi connectivity index (χ0n) is 15.2. The summed E-state index contributed by atoms with van der Waals surface area (Å²) in [6.07, 6.45) is 1.06. The van der Waals surface area contributed by atoms with Crippen molar-refractivity contribution >= 4 is 17.4 Å². The normalized spacial score (nSPS) is 16.2. The number of rotatable bonds is 6. The number of hydrogen-bond donors (Lipinski definition) is 2. The zero-order valence-corrected chi connectivity index (χ0v) is 15.2. The lowest BCUT2D eigenvalue weighted by Crippen LogP contribution is -2.34. The molecule has 0 saturated carbocycles. The van der Waals surface area contributed by atoms with E-state index < -0.39 is 0 Å². The largest absolute Gasteiger partial charge is 0.497 e. The van der Waals surface area contributed by atoms with E-state index >= 15 is 0 Å². The topological polar surface area (TPSA) is 62.8 Å². The van der Waals surface area contributed by atoms with Crippen molar-refractivity contribution in [2.75, 3.05) is 44.1 Å². The highest BCUT2D eigenvalue weighted by atomic mass is 16.5. The fourth-order valence-electron chi connectivity index (χ4n) is 3.13. The Morgan fingerprint density at radius 3 is 2.62 bits per heavy atom. The average molecular weight is 355 g/mol. The van der Waals surface area contributed by atoms with Crippen LogP contribution in [0, 0.1) is 5.92 Å². The monoisotopic (exact) mass is 355 g/mol. The van der Waals surface area contributed by atoms with E-state index in [2.05, 4.69) is 21.6 Å². The Kier molecular flexibility index (Phi) is 5.84. The smallest absolute Gasteiger partial charge is 0.319 e. The van der Waals surface area contributed by atoms with E-state index in [4.69, 9.17) is 9.47 Å². The van der Waals surface area contributed by atoms with Gasteiger partial charge in [0.05, 0.1) is 14.2 Å². The predicted octanol–water partition coefficient (Wildman–Crippen LogP) is 3.35. The SMILES string of the molecule is COc1ccc(NC(=O)NC[C@H]2CCN(c3cccc(OC)c3)C2)cc1. The number of nitrogens with one attached hydrogen (secondary N) is 2. The lowest BCUT2D eigenvalue weighted by atomic mass is 10.1. The third-order valence-corrected chi connectivity index (χ3v) is 4.60. The van der Waals surface area contributed by atoms with E-state index in [1.807, 2.05) is 42.5 Å². The third kappa shape index (κ3) is 4.59. The second-order valence-electron chi connectivity index (χ2n) is 6.37. The molecule has 2 aromatic rings. The molecule has 0 aliphatic carbocycles. The van der Waals surface area contributed by atoms with Crippen LogP contribution in [0.2, 0.25) is 0 Å². The number of amides is 2. The van der Waals surface area contributed by atoms with Crippen LogP contribution in [0.4, 0.5) is 16.2 Å². The minimum Gasteiger partial charge on any atom is -0.497 e. The van der Waals surface area contributed by atoms with E-state index in [-0.39, 0.29) is 6.03 Å². The average Bonchev–Trinajstić information content (AvgIpc) is 3.16. The number of ether oxygens (including phenoxy) is 2. The molecule has 2 aromatic carbocycles. The molecule has 1 atom stereocenters. The van der Waals surface area contributed by atoms with Crippen LogP contribution < -0.4 is 25.0 Å². The van der Waals surface area contributed by atoms with Gasteiger partial charge in [0, 0.05) is 37.1 Å². The summed E-state index contributed by atoms with van der Waals surface area (Å²) in [5, 5.41) is 5.80. The highest BCUT2D eigenvalue weighted by molar-refractivity contribution is 5.89. The Morgan fingerprint density at radius 1 is 1.12 bits per heavy atom. The summed E-state index contributed by atoms with van der Waals surface area (Å²) in [7, 11) is 3.29. The van der Waals surface area contributed by atoms with Crippen molar-refractivity contribution in [2.24, 2.45) is 5.92 Å². The van der Waals surface area contributed by atoms with Crippen LogP contribution in [-0.2, 0) is 0 Å². The highest BCUT2D eigenvalue weighted by Crippen LogP contribution is 2.26. The molecule has 1 aliphatic heterocycles. The van der Waals surface area contributed by atoms with Crippen molar-refractivity contribution < 1.29 is 14.3 Å². The quantitative estimate of drug-likeness (QED) is 0.834. The van der Waals surface area contributed by atoms with Gasteiger partial charge in [0.15, 0.2) is 0 Å². The number of nitrogens with zero attached hydrogens (tertiary/aromatic N) is 1. The standard InChI is InChI=1S/C20H25N3O3/c1-25-18-8-6-16(7-9-18)22-20(24)21-13-15-10-11-23(14-15)17-4-3-5-19(12-17)26-2/h3-9,12,15H,10-11,13-14H2,1-2H3,(H2,21,22,24)/t15-/m1/s1. The van der Waals surface area contributed by atoms with Gasteiger partial charge in [-0.2, -0.15) is 0 Å². The summed E-state index contributed by atoms with van der Waals surface area (Å²) in [5.74, 6) is 2.06. The fraction of sp³-hybridized carbons (Fsp3) is 0.350. The highest BCUT2D eigenvalue weighted by Gasteiger charge is 2.23. The number of hydrogen-bond acceptors (Lipinski definition) is 4. The van der Waals surface area contributed by atoms with Crippen molar-refractivity contribution in [3.05, 3.63) is 48.5 Å². The van der Waals surface area contributed by atoms with Gasteiger partial charge in [0.1, 0.15) is 11.5 Å². The van der Waals surface area contributed by atoms with Crippen molar-refractivity contribution in [3.63, 3.8) is 0 Å². The van der Waals surface area contributed by atoms with Crippen molar-refractivity contribution in [1.29, 1.82) is 0 Å². The molecule has 6 nitrogen and oxygen atoms in total. The van der Waals surface area contributed by atoms with E-state index in [0.29, 0.717) is 12.5 Å². The number of carbonyl (C=O) groups is 1. The summed E-state index contributed by atoms with van der Waals surface area (Å²) >= 11 is 0. The Bertz CT molecular complexity index is 733. The van der Waals surface area contributed by atoms with Crippen LogP contribution in [0.25, 0.3) is 0 Å². The number of carbonyl (C=O) groups excluding carboxylic acids is 1. The Labute approximate surface area is 154 Å². The van der Waals surface area contributed by atoms with Crippen LogP contribution in [0.3, 0.4) is 0 Å².